The topological polar surface area (TPSA) is 61.8 Å². The molecule has 2 unspecified atom stereocenters. The molecule has 0 bridgehead atoms. The Labute approximate surface area is 110 Å². The number of rotatable bonds is 9. The summed E-state index contributed by atoms with van der Waals surface area (Å²) in [7, 11) is 3.66. The normalized spacial score (nSPS) is 16.9. The highest BCUT2D eigenvalue weighted by molar-refractivity contribution is 5.78. The molecule has 0 aromatic rings. The molecule has 0 rings (SSSR count). The van der Waals surface area contributed by atoms with Crippen molar-refractivity contribution in [3.63, 3.8) is 0 Å². The second-order valence-corrected chi connectivity index (χ2v) is 5.47. The molecule has 0 aromatic carbocycles. The second-order valence-electron chi connectivity index (χ2n) is 5.47. The number of methoxy groups -OCH3 is 1. The Hall–Kier alpha value is -0.650. The molecule has 5 heteroatoms. The summed E-state index contributed by atoms with van der Waals surface area (Å²) in [4.78, 5) is 13.5. The first-order valence-electron chi connectivity index (χ1n) is 6.43. The van der Waals surface area contributed by atoms with Crippen molar-refractivity contribution in [1.29, 1.82) is 0 Å². The van der Waals surface area contributed by atoms with Crippen molar-refractivity contribution < 1.29 is 14.6 Å². The number of carbonyl (C=O) groups is 1. The van der Waals surface area contributed by atoms with Crippen LogP contribution in [0.1, 0.15) is 34.1 Å². The van der Waals surface area contributed by atoms with Crippen LogP contribution < -0.4 is 5.32 Å². The smallest absolute Gasteiger partial charge is 0.323 e. The van der Waals surface area contributed by atoms with Gasteiger partial charge in [0.2, 0.25) is 0 Å². The molecular weight excluding hydrogens is 232 g/mol. The molecular formula is C13H28N2O3. The Bertz CT molecular complexity index is 259. The van der Waals surface area contributed by atoms with E-state index in [0.717, 1.165) is 0 Å². The van der Waals surface area contributed by atoms with E-state index in [2.05, 4.69) is 17.1 Å². The summed E-state index contributed by atoms with van der Waals surface area (Å²) in [5.41, 5.74) is -0.880. The molecule has 0 radical (unpaired) electrons. The first-order chi connectivity index (χ1) is 8.23. The third kappa shape index (κ3) is 5.80. The molecule has 0 spiro atoms. The van der Waals surface area contributed by atoms with Crippen LogP contribution in [-0.2, 0) is 9.53 Å². The van der Waals surface area contributed by atoms with E-state index in [1.54, 1.807) is 14.0 Å². The first-order valence-corrected chi connectivity index (χ1v) is 6.43. The second kappa shape index (κ2) is 7.71. The minimum absolute atomic E-state index is 0.146. The zero-order valence-corrected chi connectivity index (χ0v) is 12.5. The number of aliphatic carboxylic acids is 1. The van der Waals surface area contributed by atoms with Gasteiger partial charge in [0.1, 0.15) is 5.54 Å². The standard InChI is InChI=1S/C13H28N2O3/c1-10(2)14-13(4,12(16)17)7-8-15(5)11(3)9-18-6/h10-11,14H,7-9H2,1-6H3,(H,16,17). The van der Waals surface area contributed by atoms with Crippen molar-refractivity contribution in [1.82, 2.24) is 10.2 Å². The van der Waals surface area contributed by atoms with Gasteiger partial charge in [-0.2, -0.15) is 0 Å². The fourth-order valence-electron chi connectivity index (χ4n) is 1.87. The van der Waals surface area contributed by atoms with E-state index in [-0.39, 0.29) is 12.1 Å². The summed E-state index contributed by atoms with van der Waals surface area (Å²) in [6.45, 7) is 9.09. The number of nitrogens with zero attached hydrogens (tertiary/aromatic N) is 1. The van der Waals surface area contributed by atoms with Gasteiger partial charge in [0.05, 0.1) is 6.61 Å². The van der Waals surface area contributed by atoms with Crippen LogP contribution in [-0.4, -0.2) is 60.9 Å². The minimum atomic E-state index is -0.880. The molecule has 5 nitrogen and oxygen atoms in total. The predicted molar refractivity (Wildman–Crippen MR) is 72.9 cm³/mol. The van der Waals surface area contributed by atoms with Crippen LogP contribution >= 0.6 is 0 Å². The van der Waals surface area contributed by atoms with Gasteiger partial charge in [-0.25, -0.2) is 0 Å². The fourth-order valence-corrected chi connectivity index (χ4v) is 1.87. The molecule has 108 valence electrons. The number of likely N-dealkylation sites (N-methyl/N-ethyl adjacent to an activating group) is 1. The molecule has 2 atom stereocenters. The third-order valence-corrected chi connectivity index (χ3v) is 3.20. The summed E-state index contributed by atoms with van der Waals surface area (Å²) < 4.78 is 5.10. The number of carboxylic acid groups (broad SMARTS) is 1. The summed E-state index contributed by atoms with van der Waals surface area (Å²) in [6, 6.07) is 0.430. The summed E-state index contributed by atoms with van der Waals surface area (Å²) in [5.74, 6) is -0.802. The van der Waals surface area contributed by atoms with E-state index < -0.39 is 11.5 Å². The van der Waals surface area contributed by atoms with E-state index in [0.29, 0.717) is 19.6 Å². The first kappa shape index (κ1) is 17.4. The average Bonchev–Trinajstić information content (AvgIpc) is 2.25. The Morgan fingerprint density at radius 1 is 1.44 bits per heavy atom. The van der Waals surface area contributed by atoms with E-state index >= 15 is 0 Å². The molecule has 0 amide bonds. The predicted octanol–water partition coefficient (Wildman–Crippen LogP) is 1.18. The average molecular weight is 260 g/mol. The molecule has 0 saturated carbocycles. The maximum absolute atomic E-state index is 11.4. The highest BCUT2D eigenvalue weighted by Gasteiger charge is 2.33. The fraction of sp³-hybridized carbons (Fsp3) is 0.923. The Morgan fingerprint density at radius 2 is 2.00 bits per heavy atom. The number of hydrogen-bond acceptors (Lipinski definition) is 4. The zero-order valence-electron chi connectivity index (χ0n) is 12.5. The maximum Gasteiger partial charge on any atom is 0.323 e. The van der Waals surface area contributed by atoms with E-state index in [1.807, 2.05) is 20.9 Å². The highest BCUT2D eigenvalue weighted by atomic mass is 16.5. The van der Waals surface area contributed by atoms with Gasteiger partial charge < -0.3 is 14.7 Å². The van der Waals surface area contributed by atoms with Gasteiger partial charge in [-0.15, -0.1) is 0 Å². The van der Waals surface area contributed by atoms with Gasteiger partial charge >= 0.3 is 5.97 Å². The summed E-state index contributed by atoms with van der Waals surface area (Å²) >= 11 is 0. The van der Waals surface area contributed by atoms with Crippen molar-refractivity contribution in [2.75, 3.05) is 27.3 Å². The van der Waals surface area contributed by atoms with Crippen molar-refractivity contribution >= 4 is 5.97 Å². The highest BCUT2D eigenvalue weighted by Crippen LogP contribution is 2.13. The van der Waals surface area contributed by atoms with Gasteiger partial charge in [0.25, 0.3) is 0 Å². The summed E-state index contributed by atoms with van der Waals surface area (Å²) in [5, 5.41) is 12.5. The molecule has 0 aliphatic heterocycles. The van der Waals surface area contributed by atoms with Crippen molar-refractivity contribution in [3.05, 3.63) is 0 Å². The molecule has 2 N–H and O–H groups in total. The van der Waals surface area contributed by atoms with Crippen molar-refractivity contribution in [2.24, 2.45) is 0 Å². The number of ether oxygens (including phenoxy) is 1. The largest absolute Gasteiger partial charge is 0.480 e. The van der Waals surface area contributed by atoms with Crippen molar-refractivity contribution in [2.45, 2.75) is 51.7 Å². The van der Waals surface area contributed by atoms with Crippen LogP contribution in [0.2, 0.25) is 0 Å². The molecule has 0 aromatic heterocycles. The lowest BCUT2D eigenvalue weighted by atomic mass is 9.96. The lowest BCUT2D eigenvalue weighted by Crippen LogP contribution is -2.54. The van der Waals surface area contributed by atoms with Crippen molar-refractivity contribution in [3.8, 4) is 0 Å². The van der Waals surface area contributed by atoms with Crippen LogP contribution in [0.5, 0.6) is 0 Å². The molecule has 0 aliphatic carbocycles. The lowest BCUT2D eigenvalue weighted by molar-refractivity contribution is -0.145. The van der Waals surface area contributed by atoms with Gasteiger partial charge in [-0.1, -0.05) is 0 Å². The zero-order chi connectivity index (χ0) is 14.3. The van der Waals surface area contributed by atoms with Crippen LogP contribution in [0.25, 0.3) is 0 Å². The monoisotopic (exact) mass is 260 g/mol. The number of carboxylic acids is 1. The van der Waals surface area contributed by atoms with Gasteiger partial charge in [-0.3, -0.25) is 10.1 Å². The van der Waals surface area contributed by atoms with Crippen LogP contribution in [0.3, 0.4) is 0 Å². The quantitative estimate of drug-likeness (QED) is 0.652. The SMILES string of the molecule is COCC(C)N(C)CCC(C)(NC(C)C)C(=O)O. The number of nitrogens with one attached hydrogen (secondary N) is 1. The summed E-state index contributed by atoms with van der Waals surface area (Å²) in [6.07, 6.45) is 0.561. The van der Waals surface area contributed by atoms with Gasteiger partial charge in [-0.05, 0) is 41.2 Å². The third-order valence-electron chi connectivity index (χ3n) is 3.20. The van der Waals surface area contributed by atoms with Crippen LogP contribution in [0.4, 0.5) is 0 Å². The Morgan fingerprint density at radius 3 is 2.39 bits per heavy atom. The molecule has 0 saturated heterocycles. The Kier molecular flexibility index (Phi) is 7.43. The van der Waals surface area contributed by atoms with Gasteiger partial charge in [0.15, 0.2) is 0 Å². The number of hydrogen-bond donors (Lipinski definition) is 2. The maximum atomic E-state index is 11.4. The molecule has 18 heavy (non-hydrogen) atoms. The van der Waals surface area contributed by atoms with E-state index in [1.165, 1.54) is 0 Å². The molecule has 0 heterocycles. The Balaban J connectivity index is 4.39. The van der Waals surface area contributed by atoms with E-state index in [4.69, 9.17) is 4.74 Å². The van der Waals surface area contributed by atoms with Gasteiger partial charge in [0, 0.05) is 25.7 Å². The lowest BCUT2D eigenvalue weighted by Gasteiger charge is -2.32. The molecule has 0 aliphatic rings. The van der Waals surface area contributed by atoms with Crippen LogP contribution in [0.15, 0.2) is 0 Å². The van der Waals surface area contributed by atoms with Crippen LogP contribution in [0, 0.1) is 0 Å². The van der Waals surface area contributed by atoms with E-state index in [9.17, 15) is 9.90 Å². The molecule has 0 fully saturated rings. The minimum Gasteiger partial charge on any atom is -0.480 e.